The van der Waals surface area contributed by atoms with Gasteiger partial charge in [-0.3, -0.25) is 0 Å². The molecule has 5 heteroatoms. The van der Waals surface area contributed by atoms with Gasteiger partial charge in [-0.1, -0.05) is 20.8 Å². The molecule has 17 heavy (non-hydrogen) atoms. The minimum absolute atomic E-state index is 0.682. The van der Waals surface area contributed by atoms with Crippen LogP contribution in [-0.4, -0.2) is 23.1 Å². The fourth-order valence-corrected chi connectivity index (χ4v) is 1.62. The van der Waals surface area contributed by atoms with E-state index in [4.69, 9.17) is 0 Å². The number of aromatic nitrogens is 2. The van der Waals surface area contributed by atoms with Crippen LogP contribution in [0.4, 0.5) is 11.8 Å². The summed E-state index contributed by atoms with van der Waals surface area (Å²) in [5, 5.41) is 6.50. The summed E-state index contributed by atoms with van der Waals surface area (Å²) in [5.41, 5.74) is 0. The van der Waals surface area contributed by atoms with Crippen molar-refractivity contribution in [2.24, 2.45) is 5.92 Å². The van der Waals surface area contributed by atoms with Crippen LogP contribution < -0.4 is 10.6 Å². The van der Waals surface area contributed by atoms with Crippen molar-refractivity contribution in [3.8, 4) is 0 Å². The first kappa shape index (κ1) is 14.2. The van der Waals surface area contributed by atoms with Gasteiger partial charge in [-0.05, 0) is 34.7 Å². The smallest absolute Gasteiger partial charge is 0.224 e. The zero-order chi connectivity index (χ0) is 12.7. The van der Waals surface area contributed by atoms with Crippen molar-refractivity contribution in [2.75, 3.05) is 23.7 Å². The molecule has 0 radical (unpaired) electrons. The summed E-state index contributed by atoms with van der Waals surface area (Å²) in [6.45, 7) is 8.37. The van der Waals surface area contributed by atoms with Gasteiger partial charge in [-0.15, -0.1) is 0 Å². The maximum Gasteiger partial charge on any atom is 0.224 e. The highest BCUT2D eigenvalue weighted by molar-refractivity contribution is 9.10. The second kappa shape index (κ2) is 7.48. The van der Waals surface area contributed by atoms with Gasteiger partial charge in [0.05, 0.1) is 4.47 Å². The Morgan fingerprint density at radius 2 is 2.06 bits per heavy atom. The molecule has 1 rings (SSSR count). The number of hydrogen-bond acceptors (Lipinski definition) is 4. The van der Waals surface area contributed by atoms with Crippen molar-refractivity contribution in [2.45, 2.75) is 33.6 Å². The summed E-state index contributed by atoms with van der Waals surface area (Å²) >= 11 is 3.45. The third-order valence-corrected chi connectivity index (χ3v) is 2.87. The first-order valence-corrected chi connectivity index (χ1v) is 6.93. The monoisotopic (exact) mass is 300 g/mol. The van der Waals surface area contributed by atoms with Gasteiger partial charge in [0.1, 0.15) is 5.82 Å². The van der Waals surface area contributed by atoms with E-state index in [1.807, 2.05) is 0 Å². The second-order valence-electron chi connectivity index (χ2n) is 4.43. The lowest BCUT2D eigenvalue weighted by Crippen LogP contribution is -2.10. The molecule has 0 atom stereocenters. The third kappa shape index (κ3) is 5.35. The van der Waals surface area contributed by atoms with E-state index in [1.54, 1.807) is 6.20 Å². The summed E-state index contributed by atoms with van der Waals surface area (Å²) in [6, 6.07) is 0. The Kier molecular flexibility index (Phi) is 6.26. The van der Waals surface area contributed by atoms with E-state index < -0.39 is 0 Å². The summed E-state index contributed by atoms with van der Waals surface area (Å²) in [5.74, 6) is 2.24. The Morgan fingerprint density at radius 1 is 1.29 bits per heavy atom. The summed E-state index contributed by atoms with van der Waals surface area (Å²) in [6.07, 6.45) is 3.98. The van der Waals surface area contributed by atoms with Gasteiger partial charge in [0.15, 0.2) is 0 Å². The molecule has 1 aromatic rings. The molecule has 0 saturated carbocycles. The lowest BCUT2D eigenvalue weighted by atomic mass is 10.1. The van der Waals surface area contributed by atoms with Crippen molar-refractivity contribution >= 4 is 27.7 Å². The highest BCUT2D eigenvalue weighted by Crippen LogP contribution is 2.20. The predicted octanol–water partition coefficient (Wildman–Crippen LogP) is 3.52. The molecule has 0 fully saturated rings. The van der Waals surface area contributed by atoms with Gasteiger partial charge < -0.3 is 10.6 Å². The van der Waals surface area contributed by atoms with Crippen LogP contribution in [0.25, 0.3) is 0 Å². The molecule has 0 aliphatic rings. The molecule has 0 unspecified atom stereocenters. The second-order valence-corrected chi connectivity index (χ2v) is 5.28. The SMILES string of the molecule is CCCNc1ncc(Br)c(NCCC(C)C)n1. The van der Waals surface area contributed by atoms with Crippen molar-refractivity contribution in [3.63, 3.8) is 0 Å². The summed E-state index contributed by atoms with van der Waals surface area (Å²) < 4.78 is 0.906. The zero-order valence-electron chi connectivity index (χ0n) is 10.8. The van der Waals surface area contributed by atoms with Gasteiger partial charge in [0, 0.05) is 19.3 Å². The molecule has 2 N–H and O–H groups in total. The molecular weight excluding hydrogens is 280 g/mol. The molecule has 0 bridgehead atoms. The van der Waals surface area contributed by atoms with Crippen LogP contribution in [0.3, 0.4) is 0 Å². The predicted molar refractivity (Wildman–Crippen MR) is 76.5 cm³/mol. The number of rotatable bonds is 7. The van der Waals surface area contributed by atoms with E-state index in [9.17, 15) is 0 Å². The number of anilines is 2. The molecule has 1 aromatic heterocycles. The third-order valence-electron chi connectivity index (χ3n) is 2.29. The van der Waals surface area contributed by atoms with Crippen molar-refractivity contribution in [1.29, 1.82) is 0 Å². The molecule has 96 valence electrons. The Bertz CT molecular complexity index is 341. The fourth-order valence-electron chi connectivity index (χ4n) is 1.29. The Balaban J connectivity index is 2.56. The largest absolute Gasteiger partial charge is 0.369 e. The first-order valence-electron chi connectivity index (χ1n) is 6.13. The van der Waals surface area contributed by atoms with Crippen molar-refractivity contribution in [1.82, 2.24) is 9.97 Å². The minimum Gasteiger partial charge on any atom is -0.369 e. The molecule has 1 heterocycles. The zero-order valence-corrected chi connectivity index (χ0v) is 12.3. The normalized spacial score (nSPS) is 10.6. The minimum atomic E-state index is 0.682. The molecular formula is C12H21BrN4. The Morgan fingerprint density at radius 3 is 2.71 bits per heavy atom. The van der Waals surface area contributed by atoms with Crippen LogP contribution >= 0.6 is 15.9 Å². The average Bonchev–Trinajstić information content (AvgIpc) is 2.29. The van der Waals surface area contributed by atoms with Gasteiger partial charge in [0.25, 0.3) is 0 Å². The van der Waals surface area contributed by atoms with Crippen LogP contribution in [0, 0.1) is 5.92 Å². The van der Waals surface area contributed by atoms with E-state index in [2.05, 4.69) is 57.3 Å². The van der Waals surface area contributed by atoms with Gasteiger partial charge >= 0.3 is 0 Å². The highest BCUT2D eigenvalue weighted by Gasteiger charge is 2.04. The van der Waals surface area contributed by atoms with E-state index in [1.165, 1.54) is 0 Å². The Hall–Kier alpha value is -0.840. The molecule has 0 aliphatic carbocycles. The first-order chi connectivity index (χ1) is 8.13. The number of hydrogen-bond donors (Lipinski definition) is 2. The summed E-state index contributed by atoms with van der Waals surface area (Å²) in [7, 11) is 0. The van der Waals surface area contributed by atoms with Crippen LogP contribution in [0.5, 0.6) is 0 Å². The van der Waals surface area contributed by atoms with Gasteiger partial charge in [-0.2, -0.15) is 4.98 Å². The topological polar surface area (TPSA) is 49.8 Å². The molecule has 0 aliphatic heterocycles. The maximum absolute atomic E-state index is 4.43. The fraction of sp³-hybridized carbons (Fsp3) is 0.667. The summed E-state index contributed by atoms with van der Waals surface area (Å²) in [4.78, 5) is 8.64. The molecule has 0 spiro atoms. The molecule has 0 amide bonds. The van der Waals surface area contributed by atoms with Crippen molar-refractivity contribution < 1.29 is 0 Å². The lowest BCUT2D eigenvalue weighted by Gasteiger charge is -2.10. The number of nitrogens with zero attached hydrogens (tertiary/aromatic N) is 2. The molecule has 0 aromatic carbocycles. The van der Waals surface area contributed by atoms with Gasteiger partial charge in [-0.25, -0.2) is 4.98 Å². The number of halogens is 1. The van der Waals surface area contributed by atoms with E-state index in [-0.39, 0.29) is 0 Å². The van der Waals surface area contributed by atoms with Crippen LogP contribution in [0.1, 0.15) is 33.6 Å². The molecule has 4 nitrogen and oxygen atoms in total. The van der Waals surface area contributed by atoms with E-state index in [0.717, 1.165) is 36.2 Å². The average molecular weight is 301 g/mol. The van der Waals surface area contributed by atoms with Crippen LogP contribution in [0.2, 0.25) is 0 Å². The lowest BCUT2D eigenvalue weighted by molar-refractivity contribution is 0.606. The standard InChI is InChI=1S/C12H21BrN4/c1-4-6-15-12-16-8-10(13)11(17-12)14-7-5-9(2)3/h8-9H,4-7H2,1-3H3,(H2,14,15,16,17). The van der Waals surface area contributed by atoms with Crippen LogP contribution in [-0.2, 0) is 0 Å². The van der Waals surface area contributed by atoms with Crippen molar-refractivity contribution in [3.05, 3.63) is 10.7 Å². The van der Waals surface area contributed by atoms with E-state index in [0.29, 0.717) is 11.9 Å². The number of nitrogens with one attached hydrogen (secondary N) is 2. The van der Waals surface area contributed by atoms with Gasteiger partial charge in [0.2, 0.25) is 5.95 Å². The highest BCUT2D eigenvalue weighted by atomic mass is 79.9. The quantitative estimate of drug-likeness (QED) is 0.809. The van der Waals surface area contributed by atoms with Crippen LogP contribution in [0.15, 0.2) is 10.7 Å². The van der Waals surface area contributed by atoms with E-state index >= 15 is 0 Å². The Labute approximate surface area is 112 Å². The molecule has 0 saturated heterocycles. The maximum atomic E-state index is 4.43.